The summed E-state index contributed by atoms with van der Waals surface area (Å²) in [6, 6.07) is 5.80. The smallest absolute Gasteiger partial charge is 0.258 e. The lowest BCUT2D eigenvalue weighted by Gasteiger charge is -2.11. The van der Waals surface area contributed by atoms with Crippen molar-refractivity contribution in [2.75, 3.05) is 17.2 Å². The summed E-state index contributed by atoms with van der Waals surface area (Å²) in [4.78, 5) is 12.2. The van der Waals surface area contributed by atoms with Gasteiger partial charge in [-0.25, -0.2) is 0 Å². The highest BCUT2D eigenvalue weighted by atomic mass is 32.1. The SMILES string of the molecule is CCCNc1ccc(C)cc1C(=O)Nc1cnns1. The van der Waals surface area contributed by atoms with Crippen LogP contribution in [0.5, 0.6) is 0 Å². The first-order valence-corrected chi connectivity index (χ1v) is 6.91. The third kappa shape index (κ3) is 3.51. The summed E-state index contributed by atoms with van der Waals surface area (Å²) in [6.45, 7) is 4.89. The van der Waals surface area contributed by atoms with Crippen LogP contribution in [-0.2, 0) is 0 Å². The summed E-state index contributed by atoms with van der Waals surface area (Å²) in [5, 5.41) is 10.4. The molecule has 1 amide bonds. The Morgan fingerprint density at radius 3 is 2.95 bits per heavy atom. The van der Waals surface area contributed by atoms with Crippen LogP contribution < -0.4 is 10.6 Å². The molecule has 1 aromatic heterocycles. The lowest BCUT2D eigenvalue weighted by atomic mass is 10.1. The van der Waals surface area contributed by atoms with Crippen molar-refractivity contribution < 1.29 is 4.79 Å². The number of carbonyl (C=O) groups excluding carboxylic acids is 1. The molecular weight excluding hydrogens is 260 g/mol. The molecule has 2 rings (SSSR count). The Labute approximate surface area is 116 Å². The Bertz CT molecular complexity index is 554. The number of hydrogen-bond donors (Lipinski definition) is 2. The Morgan fingerprint density at radius 1 is 1.42 bits per heavy atom. The molecule has 0 aliphatic rings. The van der Waals surface area contributed by atoms with Crippen LogP contribution in [0.4, 0.5) is 10.7 Å². The number of amides is 1. The van der Waals surface area contributed by atoms with Crippen LogP contribution in [0.2, 0.25) is 0 Å². The molecule has 0 saturated carbocycles. The number of nitrogens with zero attached hydrogens (tertiary/aromatic N) is 2. The van der Waals surface area contributed by atoms with Crippen LogP contribution in [0.25, 0.3) is 0 Å². The molecule has 6 heteroatoms. The van der Waals surface area contributed by atoms with Crippen molar-refractivity contribution in [2.45, 2.75) is 20.3 Å². The number of aryl methyl sites for hydroxylation is 1. The molecule has 0 atom stereocenters. The number of nitrogens with one attached hydrogen (secondary N) is 2. The van der Waals surface area contributed by atoms with Gasteiger partial charge in [-0.1, -0.05) is 23.0 Å². The standard InChI is InChI=1S/C13H16N4OS/c1-3-6-14-11-5-4-9(2)7-10(11)13(18)16-12-8-15-17-19-12/h4-5,7-8,14H,3,6H2,1-2H3,(H,16,18). The average molecular weight is 276 g/mol. The summed E-state index contributed by atoms with van der Waals surface area (Å²) in [6.07, 6.45) is 2.55. The van der Waals surface area contributed by atoms with E-state index in [1.54, 1.807) is 0 Å². The van der Waals surface area contributed by atoms with E-state index in [4.69, 9.17) is 0 Å². The second kappa shape index (κ2) is 6.29. The minimum Gasteiger partial charge on any atom is -0.384 e. The highest BCUT2D eigenvalue weighted by Gasteiger charge is 2.12. The third-order valence-electron chi connectivity index (χ3n) is 2.58. The van der Waals surface area contributed by atoms with Crippen LogP contribution in [0.15, 0.2) is 24.4 Å². The number of benzene rings is 1. The van der Waals surface area contributed by atoms with E-state index in [1.807, 2.05) is 25.1 Å². The molecule has 0 aliphatic carbocycles. The predicted octanol–water partition coefficient (Wildman–Crippen LogP) is 2.92. The summed E-state index contributed by atoms with van der Waals surface area (Å²) in [7, 11) is 0. The van der Waals surface area contributed by atoms with Crippen LogP contribution in [0.3, 0.4) is 0 Å². The molecule has 0 radical (unpaired) electrons. The van der Waals surface area contributed by atoms with Gasteiger partial charge in [0, 0.05) is 23.8 Å². The third-order valence-corrected chi connectivity index (χ3v) is 3.16. The molecule has 0 saturated heterocycles. The van der Waals surface area contributed by atoms with Crippen LogP contribution in [0.1, 0.15) is 29.3 Å². The van der Waals surface area contributed by atoms with Gasteiger partial charge in [0.25, 0.3) is 5.91 Å². The van der Waals surface area contributed by atoms with Gasteiger partial charge in [-0.15, -0.1) is 5.10 Å². The van der Waals surface area contributed by atoms with Gasteiger partial charge in [-0.3, -0.25) is 4.79 Å². The van der Waals surface area contributed by atoms with Crippen molar-refractivity contribution >= 4 is 28.1 Å². The van der Waals surface area contributed by atoms with Gasteiger partial charge in [-0.05, 0) is 25.5 Å². The fraction of sp³-hybridized carbons (Fsp3) is 0.308. The topological polar surface area (TPSA) is 66.9 Å². The average Bonchev–Trinajstić information content (AvgIpc) is 2.90. The number of rotatable bonds is 5. The van der Waals surface area contributed by atoms with Crippen molar-refractivity contribution in [1.82, 2.24) is 9.59 Å². The molecular formula is C13H16N4OS. The Morgan fingerprint density at radius 2 is 2.26 bits per heavy atom. The maximum atomic E-state index is 12.2. The Kier molecular flexibility index (Phi) is 4.46. The van der Waals surface area contributed by atoms with Crippen LogP contribution >= 0.6 is 11.5 Å². The maximum absolute atomic E-state index is 12.2. The molecule has 19 heavy (non-hydrogen) atoms. The number of hydrogen-bond acceptors (Lipinski definition) is 5. The van der Waals surface area contributed by atoms with Gasteiger partial charge < -0.3 is 10.6 Å². The molecule has 2 aromatic rings. The highest BCUT2D eigenvalue weighted by Crippen LogP contribution is 2.20. The molecule has 2 N–H and O–H groups in total. The van der Waals surface area contributed by atoms with Crippen molar-refractivity contribution in [3.8, 4) is 0 Å². The summed E-state index contributed by atoms with van der Waals surface area (Å²) in [5.41, 5.74) is 2.54. The van der Waals surface area contributed by atoms with Gasteiger partial charge in [0.05, 0.1) is 11.8 Å². The normalized spacial score (nSPS) is 10.2. The summed E-state index contributed by atoms with van der Waals surface area (Å²) >= 11 is 1.16. The van der Waals surface area contributed by atoms with E-state index in [-0.39, 0.29) is 5.91 Å². The Balaban J connectivity index is 2.21. The summed E-state index contributed by atoms with van der Waals surface area (Å²) in [5.74, 6) is -0.145. The molecule has 0 fully saturated rings. The molecule has 0 spiro atoms. The predicted molar refractivity (Wildman–Crippen MR) is 77.8 cm³/mol. The fourth-order valence-electron chi connectivity index (χ4n) is 1.66. The lowest BCUT2D eigenvalue weighted by molar-refractivity contribution is 0.102. The van der Waals surface area contributed by atoms with Crippen molar-refractivity contribution in [3.05, 3.63) is 35.5 Å². The Hall–Kier alpha value is -1.95. The lowest BCUT2D eigenvalue weighted by Crippen LogP contribution is -2.14. The van der Waals surface area contributed by atoms with E-state index in [0.717, 1.165) is 35.7 Å². The van der Waals surface area contributed by atoms with E-state index in [2.05, 4.69) is 27.1 Å². The van der Waals surface area contributed by atoms with Gasteiger partial charge in [0.15, 0.2) is 0 Å². The number of carbonyl (C=O) groups is 1. The zero-order chi connectivity index (χ0) is 13.7. The maximum Gasteiger partial charge on any atom is 0.258 e. The number of aromatic nitrogens is 2. The minimum atomic E-state index is -0.145. The van der Waals surface area contributed by atoms with Crippen molar-refractivity contribution in [2.24, 2.45) is 0 Å². The highest BCUT2D eigenvalue weighted by molar-refractivity contribution is 7.10. The molecule has 0 bridgehead atoms. The molecule has 1 aromatic carbocycles. The van der Waals surface area contributed by atoms with E-state index in [0.29, 0.717) is 10.6 Å². The van der Waals surface area contributed by atoms with Gasteiger partial charge >= 0.3 is 0 Å². The number of anilines is 2. The zero-order valence-electron chi connectivity index (χ0n) is 10.9. The van der Waals surface area contributed by atoms with Crippen LogP contribution in [0, 0.1) is 6.92 Å². The van der Waals surface area contributed by atoms with Crippen molar-refractivity contribution in [3.63, 3.8) is 0 Å². The monoisotopic (exact) mass is 276 g/mol. The van der Waals surface area contributed by atoms with Gasteiger partial charge in [0.1, 0.15) is 5.00 Å². The van der Waals surface area contributed by atoms with Gasteiger partial charge in [0.2, 0.25) is 0 Å². The second-order valence-corrected chi connectivity index (χ2v) is 5.00. The molecule has 1 heterocycles. The molecule has 0 aliphatic heterocycles. The van der Waals surface area contributed by atoms with E-state index >= 15 is 0 Å². The van der Waals surface area contributed by atoms with Crippen LogP contribution in [-0.4, -0.2) is 22.0 Å². The first-order chi connectivity index (χ1) is 9.20. The first-order valence-electron chi connectivity index (χ1n) is 6.14. The van der Waals surface area contributed by atoms with Gasteiger partial charge in [-0.2, -0.15) is 0 Å². The second-order valence-electron chi connectivity index (χ2n) is 4.21. The molecule has 5 nitrogen and oxygen atoms in total. The summed E-state index contributed by atoms with van der Waals surface area (Å²) < 4.78 is 3.72. The zero-order valence-corrected chi connectivity index (χ0v) is 11.8. The van der Waals surface area contributed by atoms with Crippen molar-refractivity contribution in [1.29, 1.82) is 0 Å². The quantitative estimate of drug-likeness (QED) is 0.881. The molecule has 100 valence electrons. The first kappa shape index (κ1) is 13.5. The van der Waals surface area contributed by atoms with E-state index < -0.39 is 0 Å². The largest absolute Gasteiger partial charge is 0.384 e. The van der Waals surface area contributed by atoms with E-state index in [9.17, 15) is 4.79 Å². The molecule has 0 unspecified atom stereocenters. The minimum absolute atomic E-state index is 0.145. The fourth-order valence-corrected chi connectivity index (χ4v) is 2.08. The van der Waals surface area contributed by atoms with E-state index in [1.165, 1.54) is 6.20 Å².